The molecule has 0 fully saturated rings. The van der Waals surface area contributed by atoms with Gasteiger partial charge in [-0.25, -0.2) is 4.98 Å². The maximum Gasteiger partial charge on any atom is 0.313 e. The van der Waals surface area contributed by atoms with Gasteiger partial charge in [0.05, 0.1) is 12.0 Å². The number of ether oxygens (including phenoxy) is 1. The summed E-state index contributed by atoms with van der Waals surface area (Å²) in [6.07, 6.45) is 1.56. The SMILES string of the molecule is CCOC(=O)C(C)(C)CNc1nccc(N)n1. The number of nitrogens with zero attached hydrogens (tertiary/aromatic N) is 2. The Kier molecular flexibility index (Phi) is 4.25. The van der Waals surface area contributed by atoms with Crippen molar-refractivity contribution in [3.05, 3.63) is 12.3 Å². The van der Waals surface area contributed by atoms with E-state index in [1.165, 1.54) is 0 Å². The van der Waals surface area contributed by atoms with E-state index in [0.29, 0.717) is 24.9 Å². The zero-order valence-corrected chi connectivity index (χ0v) is 10.4. The van der Waals surface area contributed by atoms with Crippen LogP contribution in [0.2, 0.25) is 0 Å². The van der Waals surface area contributed by atoms with E-state index in [1.807, 2.05) is 0 Å². The molecule has 0 aliphatic rings. The van der Waals surface area contributed by atoms with Gasteiger partial charge in [0.15, 0.2) is 0 Å². The van der Waals surface area contributed by atoms with Gasteiger partial charge in [0.2, 0.25) is 5.95 Å². The Morgan fingerprint density at radius 3 is 2.88 bits per heavy atom. The second kappa shape index (κ2) is 5.47. The zero-order chi connectivity index (χ0) is 12.9. The Bertz CT molecular complexity index is 393. The van der Waals surface area contributed by atoms with Crippen LogP contribution in [0.1, 0.15) is 20.8 Å². The summed E-state index contributed by atoms with van der Waals surface area (Å²) < 4.78 is 4.97. The maximum atomic E-state index is 11.6. The first-order valence-corrected chi connectivity index (χ1v) is 5.45. The summed E-state index contributed by atoms with van der Waals surface area (Å²) in [4.78, 5) is 19.6. The predicted octanol–water partition coefficient (Wildman–Crippen LogP) is 1.06. The Morgan fingerprint density at radius 1 is 1.59 bits per heavy atom. The van der Waals surface area contributed by atoms with Crippen LogP contribution in [-0.4, -0.2) is 29.1 Å². The van der Waals surface area contributed by atoms with Crippen molar-refractivity contribution in [2.75, 3.05) is 24.2 Å². The number of carbonyl (C=O) groups excluding carboxylic acids is 1. The maximum absolute atomic E-state index is 11.6. The fraction of sp³-hybridized carbons (Fsp3) is 0.545. The highest BCUT2D eigenvalue weighted by atomic mass is 16.5. The van der Waals surface area contributed by atoms with Crippen LogP contribution < -0.4 is 11.1 Å². The molecule has 0 aliphatic heterocycles. The van der Waals surface area contributed by atoms with Crippen LogP contribution in [0.25, 0.3) is 0 Å². The highest BCUT2D eigenvalue weighted by Gasteiger charge is 2.29. The van der Waals surface area contributed by atoms with E-state index in [-0.39, 0.29) is 5.97 Å². The molecule has 94 valence electrons. The molecule has 0 saturated carbocycles. The first kappa shape index (κ1) is 13.2. The van der Waals surface area contributed by atoms with Crippen LogP contribution >= 0.6 is 0 Å². The van der Waals surface area contributed by atoms with Gasteiger partial charge in [0.25, 0.3) is 0 Å². The van der Waals surface area contributed by atoms with Gasteiger partial charge < -0.3 is 15.8 Å². The molecule has 0 spiro atoms. The molecule has 1 aromatic rings. The standard InChI is InChI=1S/C11H18N4O2/c1-4-17-9(16)11(2,3)7-14-10-13-6-5-8(12)15-10/h5-6H,4,7H2,1-3H3,(H3,12,13,14,15). The third-order valence-electron chi connectivity index (χ3n) is 2.19. The number of hydrogen-bond acceptors (Lipinski definition) is 6. The molecule has 6 nitrogen and oxygen atoms in total. The normalized spacial score (nSPS) is 11.0. The molecule has 0 unspecified atom stereocenters. The quantitative estimate of drug-likeness (QED) is 0.745. The number of rotatable bonds is 5. The molecule has 0 amide bonds. The van der Waals surface area contributed by atoms with Crippen molar-refractivity contribution in [2.45, 2.75) is 20.8 Å². The van der Waals surface area contributed by atoms with E-state index < -0.39 is 5.41 Å². The van der Waals surface area contributed by atoms with E-state index >= 15 is 0 Å². The Labute approximate surface area is 101 Å². The topological polar surface area (TPSA) is 90.1 Å². The van der Waals surface area contributed by atoms with Crippen LogP contribution in [-0.2, 0) is 9.53 Å². The molecule has 0 bridgehead atoms. The zero-order valence-electron chi connectivity index (χ0n) is 10.4. The average molecular weight is 238 g/mol. The summed E-state index contributed by atoms with van der Waals surface area (Å²) >= 11 is 0. The summed E-state index contributed by atoms with van der Waals surface area (Å²) in [5, 5.41) is 2.96. The second-order valence-corrected chi connectivity index (χ2v) is 4.26. The number of esters is 1. The van der Waals surface area contributed by atoms with E-state index in [0.717, 1.165) is 0 Å². The van der Waals surface area contributed by atoms with Gasteiger partial charge in [0, 0.05) is 12.7 Å². The molecule has 0 atom stereocenters. The molecule has 0 saturated heterocycles. The molecule has 1 heterocycles. The summed E-state index contributed by atoms with van der Waals surface area (Å²) in [6.45, 7) is 6.13. The fourth-order valence-corrected chi connectivity index (χ4v) is 1.16. The molecule has 1 rings (SSSR count). The van der Waals surface area contributed by atoms with Crippen molar-refractivity contribution in [1.82, 2.24) is 9.97 Å². The van der Waals surface area contributed by atoms with Crippen molar-refractivity contribution in [3.8, 4) is 0 Å². The van der Waals surface area contributed by atoms with E-state index in [4.69, 9.17) is 10.5 Å². The number of hydrogen-bond donors (Lipinski definition) is 2. The monoisotopic (exact) mass is 238 g/mol. The summed E-state index contributed by atoms with van der Waals surface area (Å²) in [5.41, 5.74) is 4.89. The molecule has 17 heavy (non-hydrogen) atoms. The van der Waals surface area contributed by atoms with E-state index in [1.54, 1.807) is 33.0 Å². The predicted molar refractivity (Wildman–Crippen MR) is 65.3 cm³/mol. The number of nitrogens with one attached hydrogen (secondary N) is 1. The minimum Gasteiger partial charge on any atom is -0.466 e. The number of carbonyl (C=O) groups is 1. The average Bonchev–Trinajstić information content (AvgIpc) is 2.27. The summed E-state index contributed by atoms with van der Waals surface area (Å²) in [5.74, 6) is 0.537. The van der Waals surface area contributed by atoms with Crippen molar-refractivity contribution >= 4 is 17.7 Å². The third kappa shape index (κ3) is 3.90. The number of nitrogen functional groups attached to an aromatic ring is 1. The van der Waals surface area contributed by atoms with Crippen molar-refractivity contribution in [2.24, 2.45) is 5.41 Å². The van der Waals surface area contributed by atoms with Crippen LogP contribution in [0, 0.1) is 5.41 Å². The smallest absolute Gasteiger partial charge is 0.313 e. The second-order valence-electron chi connectivity index (χ2n) is 4.26. The van der Waals surface area contributed by atoms with Crippen LogP contribution in [0.4, 0.5) is 11.8 Å². The Balaban J connectivity index is 2.57. The van der Waals surface area contributed by atoms with Crippen molar-refractivity contribution in [1.29, 1.82) is 0 Å². The molecular formula is C11H18N4O2. The lowest BCUT2D eigenvalue weighted by atomic mass is 9.94. The number of nitrogens with two attached hydrogens (primary N) is 1. The van der Waals surface area contributed by atoms with Gasteiger partial charge in [-0.05, 0) is 26.8 Å². The lowest BCUT2D eigenvalue weighted by Gasteiger charge is -2.22. The molecule has 3 N–H and O–H groups in total. The molecule has 0 radical (unpaired) electrons. The summed E-state index contributed by atoms with van der Waals surface area (Å²) in [6, 6.07) is 1.60. The van der Waals surface area contributed by atoms with Gasteiger partial charge in [-0.2, -0.15) is 4.98 Å². The lowest BCUT2D eigenvalue weighted by Crippen LogP contribution is -2.34. The molecule has 6 heteroatoms. The number of anilines is 2. The van der Waals surface area contributed by atoms with Crippen LogP contribution in [0.15, 0.2) is 12.3 Å². The largest absolute Gasteiger partial charge is 0.466 e. The minimum absolute atomic E-state index is 0.253. The summed E-state index contributed by atoms with van der Waals surface area (Å²) in [7, 11) is 0. The highest BCUT2D eigenvalue weighted by molar-refractivity contribution is 5.76. The Morgan fingerprint density at radius 2 is 2.29 bits per heavy atom. The van der Waals surface area contributed by atoms with Gasteiger partial charge >= 0.3 is 5.97 Å². The molecule has 0 aromatic carbocycles. The van der Waals surface area contributed by atoms with Gasteiger partial charge in [0.1, 0.15) is 5.82 Å². The van der Waals surface area contributed by atoms with Crippen LogP contribution in [0.5, 0.6) is 0 Å². The Hall–Kier alpha value is -1.85. The number of aromatic nitrogens is 2. The van der Waals surface area contributed by atoms with E-state index in [2.05, 4.69) is 15.3 Å². The molecule has 1 aromatic heterocycles. The van der Waals surface area contributed by atoms with Crippen LogP contribution in [0.3, 0.4) is 0 Å². The molecular weight excluding hydrogens is 220 g/mol. The van der Waals surface area contributed by atoms with Gasteiger partial charge in [-0.3, -0.25) is 4.79 Å². The lowest BCUT2D eigenvalue weighted by molar-refractivity contribution is -0.152. The van der Waals surface area contributed by atoms with Crippen molar-refractivity contribution < 1.29 is 9.53 Å². The molecule has 0 aliphatic carbocycles. The highest BCUT2D eigenvalue weighted by Crippen LogP contribution is 2.17. The third-order valence-corrected chi connectivity index (χ3v) is 2.19. The fourth-order valence-electron chi connectivity index (χ4n) is 1.16. The van der Waals surface area contributed by atoms with E-state index in [9.17, 15) is 4.79 Å². The van der Waals surface area contributed by atoms with Gasteiger partial charge in [-0.15, -0.1) is 0 Å². The minimum atomic E-state index is -0.635. The van der Waals surface area contributed by atoms with Gasteiger partial charge in [-0.1, -0.05) is 0 Å². The first-order chi connectivity index (χ1) is 7.95. The first-order valence-electron chi connectivity index (χ1n) is 5.45. The van der Waals surface area contributed by atoms with Crippen molar-refractivity contribution in [3.63, 3.8) is 0 Å².